The highest BCUT2D eigenvalue weighted by Gasteiger charge is 2.39. The Kier molecular flexibility index (Phi) is 4.58. The van der Waals surface area contributed by atoms with E-state index in [1.807, 2.05) is 0 Å². The van der Waals surface area contributed by atoms with Gasteiger partial charge in [0.05, 0.1) is 6.10 Å². The molecule has 0 aromatic rings. The van der Waals surface area contributed by atoms with Gasteiger partial charge in [-0.15, -0.1) is 0 Å². The van der Waals surface area contributed by atoms with Crippen molar-refractivity contribution in [1.82, 2.24) is 5.32 Å². The third-order valence-corrected chi connectivity index (χ3v) is 3.52. The first kappa shape index (κ1) is 12.5. The van der Waals surface area contributed by atoms with E-state index in [9.17, 15) is 9.90 Å². The van der Waals surface area contributed by atoms with Crippen molar-refractivity contribution in [3.05, 3.63) is 0 Å². The molecule has 0 aromatic carbocycles. The van der Waals surface area contributed by atoms with Gasteiger partial charge in [0.15, 0.2) is 0 Å². The number of carbonyl (C=O) groups excluding carboxylic acids is 1. The van der Waals surface area contributed by atoms with Crippen LogP contribution in [0.15, 0.2) is 0 Å². The summed E-state index contributed by atoms with van der Waals surface area (Å²) in [4.78, 5) is 11.5. The van der Waals surface area contributed by atoms with Crippen LogP contribution in [-0.2, 0) is 4.79 Å². The first-order valence-electron chi connectivity index (χ1n) is 6.05. The Morgan fingerprint density at radius 2 is 2.00 bits per heavy atom. The first-order chi connectivity index (χ1) is 7.10. The normalized spacial score (nSPS) is 26.5. The van der Waals surface area contributed by atoms with Gasteiger partial charge in [0, 0.05) is 12.5 Å². The van der Waals surface area contributed by atoms with Crippen LogP contribution in [0.25, 0.3) is 0 Å². The maximum Gasteiger partial charge on any atom is 0.223 e. The Labute approximate surface area is 92.3 Å². The molecule has 1 amide bonds. The van der Waals surface area contributed by atoms with Crippen molar-refractivity contribution in [2.45, 2.75) is 46.1 Å². The van der Waals surface area contributed by atoms with Crippen molar-refractivity contribution in [3.63, 3.8) is 0 Å². The molecule has 88 valence electrons. The highest BCUT2D eigenvalue weighted by Crippen LogP contribution is 2.37. The molecule has 0 aromatic heterocycles. The van der Waals surface area contributed by atoms with E-state index in [-0.39, 0.29) is 11.8 Å². The molecule has 3 atom stereocenters. The van der Waals surface area contributed by atoms with Crippen LogP contribution in [0.2, 0.25) is 0 Å². The molecular weight excluding hydrogens is 190 g/mol. The van der Waals surface area contributed by atoms with Gasteiger partial charge in [-0.3, -0.25) is 4.79 Å². The summed E-state index contributed by atoms with van der Waals surface area (Å²) < 4.78 is 0. The van der Waals surface area contributed by atoms with Gasteiger partial charge in [0.2, 0.25) is 5.91 Å². The van der Waals surface area contributed by atoms with Gasteiger partial charge in [-0.25, -0.2) is 0 Å². The molecule has 1 aliphatic rings. The van der Waals surface area contributed by atoms with E-state index in [1.54, 1.807) is 0 Å². The molecule has 1 rings (SSSR count). The van der Waals surface area contributed by atoms with Crippen LogP contribution in [0.1, 0.15) is 40.0 Å². The molecule has 0 radical (unpaired) electrons. The second-order valence-corrected chi connectivity index (χ2v) is 4.71. The summed E-state index contributed by atoms with van der Waals surface area (Å²) in [6, 6.07) is 0. The lowest BCUT2D eigenvalue weighted by Crippen LogP contribution is -2.37. The molecule has 1 aliphatic carbocycles. The molecule has 0 bridgehead atoms. The molecule has 3 heteroatoms. The maximum atomic E-state index is 11.5. The Balaban J connectivity index is 2.21. The third kappa shape index (κ3) is 3.49. The van der Waals surface area contributed by atoms with E-state index in [0.29, 0.717) is 18.4 Å². The SMILES string of the molecule is CCC(CC)[C@H](O)CNC(=O)[C@H]1C[C@H]1C. The minimum atomic E-state index is -0.391. The van der Waals surface area contributed by atoms with E-state index in [1.165, 1.54) is 0 Å². The molecule has 0 aliphatic heterocycles. The Bertz CT molecular complexity index is 214. The average molecular weight is 213 g/mol. The number of aliphatic hydroxyl groups excluding tert-OH is 1. The quantitative estimate of drug-likeness (QED) is 0.703. The lowest BCUT2D eigenvalue weighted by molar-refractivity contribution is -0.123. The predicted octanol–water partition coefficient (Wildman–Crippen LogP) is 1.56. The zero-order chi connectivity index (χ0) is 11.4. The van der Waals surface area contributed by atoms with Gasteiger partial charge < -0.3 is 10.4 Å². The average Bonchev–Trinajstić information content (AvgIpc) is 2.94. The summed E-state index contributed by atoms with van der Waals surface area (Å²) in [5, 5.41) is 12.6. The monoisotopic (exact) mass is 213 g/mol. The number of hydrogen-bond donors (Lipinski definition) is 2. The van der Waals surface area contributed by atoms with E-state index in [2.05, 4.69) is 26.1 Å². The van der Waals surface area contributed by atoms with Crippen molar-refractivity contribution >= 4 is 5.91 Å². The zero-order valence-corrected chi connectivity index (χ0v) is 9.99. The van der Waals surface area contributed by atoms with Crippen molar-refractivity contribution in [2.24, 2.45) is 17.8 Å². The standard InChI is InChI=1S/C12H23NO2/c1-4-9(5-2)11(14)7-13-12(15)10-6-8(10)3/h8-11,14H,4-7H2,1-3H3,(H,13,15)/t8-,10+,11-/m1/s1. The van der Waals surface area contributed by atoms with Crippen molar-refractivity contribution in [3.8, 4) is 0 Å². The number of aliphatic hydroxyl groups is 1. The number of hydrogen-bond acceptors (Lipinski definition) is 2. The molecular formula is C12H23NO2. The van der Waals surface area contributed by atoms with Gasteiger partial charge in [0.25, 0.3) is 0 Å². The highest BCUT2D eigenvalue weighted by molar-refractivity contribution is 5.81. The molecule has 0 unspecified atom stereocenters. The van der Waals surface area contributed by atoms with Gasteiger partial charge in [-0.1, -0.05) is 33.6 Å². The van der Waals surface area contributed by atoms with Gasteiger partial charge in [-0.05, 0) is 18.3 Å². The summed E-state index contributed by atoms with van der Waals surface area (Å²) >= 11 is 0. The second-order valence-electron chi connectivity index (χ2n) is 4.71. The fraction of sp³-hybridized carbons (Fsp3) is 0.917. The summed E-state index contributed by atoms with van der Waals surface area (Å²) in [7, 11) is 0. The van der Waals surface area contributed by atoms with Gasteiger partial charge >= 0.3 is 0 Å². The van der Waals surface area contributed by atoms with Crippen LogP contribution in [-0.4, -0.2) is 23.7 Å². The van der Waals surface area contributed by atoms with E-state index in [4.69, 9.17) is 0 Å². The van der Waals surface area contributed by atoms with Crippen LogP contribution in [0.5, 0.6) is 0 Å². The van der Waals surface area contributed by atoms with Gasteiger partial charge in [-0.2, -0.15) is 0 Å². The molecule has 0 heterocycles. The summed E-state index contributed by atoms with van der Waals surface area (Å²) in [6.07, 6.45) is 2.55. The maximum absolute atomic E-state index is 11.5. The highest BCUT2D eigenvalue weighted by atomic mass is 16.3. The Morgan fingerprint density at radius 1 is 1.47 bits per heavy atom. The van der Waals surface area contributed by atoms with E-state index < -0.39 is 6.10 Å². The van der Waals surface area contributed by atoms with Crippen LogP contribution < -0.4 is 5.32 Å². The lowest BCUT2D eigenvalue weighted by atomic mass is 9.96. The van der Waals surface area contributed by atoms with E-state index >= 15 is 0 Å². The van der Waals surface area contributed by atoms with Crippen molar-refractivity contribution in [2.75, 3.05) is 6.54 Å². The summed E-state index contributed by atoms with van der Waals surface area (Å²) in [5.41, 5.74) is 0. The van der Waals surface area contributed by atoms with Gasteiger partial charge in [0.1, 0.15) is 0 Å². The van der Waals surface area contributed by atoms with Crippen LogP contribution in [0, 0.1) is 17.8 Å². The Morgan fingerprint density at radius 3 is 2.40 bits per heavy atom. The number of carbonyl (C=O) groups is 1. The number of rotatable bonds is 6. The molecule has 3 nitrogen and oxygen atoms in total. The predicted molar refractivity (Wildman–Crippen MR) is 60.4 cm³/mol. The minimum absolute atomic E-state index is 0.118. The number of amides is 1. The molecule has 1 saturated carbocycles. The van der Waals surface area contributed by atoms with Crippen molar-refractivity contribution < 1.29 is 9.90 Å². The smallest absolute Gasteiger partial charge is 0.223 e. The van der Waals surface area contributed by atoms with Crippen LogP contribution in [0.3, 0.4) is 0 Å². The molecule has 0 spiro atoms. The topological polar surface area (TPSA) is 49.3 Å². The molecule has 0 saturated heterocycles. The second kappa shape index (κ2) is 5.50. The van der Waals surface area contributed by atoms with E-state index in [0.717, 1.165) is 19.3 Å². The third-order valence-electron chi connectivity index (χ3n) is 3.52. The fourth-order valence-corrected chi connectivity index (χ4v) is 2.02. The lowest BCUT2D eigenvalue weighted by Gasteiger charge is -2.20. The first-order valence-corrected chi connectivity index (χ1v) is 6.05. The fourth-order valence-electron chi connectivity index (χ4n) is 2.02. The number of nitrogens with one attached hydrogen (secondary N) is 1. The van der Waals surface area contributed by atoms with Crippen LogP contribution >= 0.6 is 0 Å². The Hall–Kier alpha value is -0.570. The van der Waals surface area contributed by atoms with Crippen molar-refractivity contribution in [1.29, 1.82) is 0 Å². The molecule has 15 heavy (non-hydrogen) atoms. The zero-order valence-electron chi connectivity index (χ0n) is 9.99. The molecule has 2 N–H and O–H groups in total. The van der Waals surface area contributed by atoms with Crippen LogP contribution in [0.4, 0.5) is 0 Å². The summed E-state index contributed by atoms with van der Waals surface area (Å²) in [5.74, 6) is 1.17. The molecule has 1 fully saturated rings. The largest absolute Gasteiger partial charge is 0.391 e. The summed E-state index contributed by atoms with van der Waals surface area (Å²) in [6.45, 7) is 6.64. The minimum Gasteiger partial charge on any atom is -0.391 e.